The molecule has 0 atom stereocenters. The van der Waals surface area contributed by atoms with Gasteiger partial charge in [-0.2, -0.15) is 0 Å². The highest BCUT2D eigenvalue weighted by molar-refractivity contribution is 4.64. The lowest BCUT2D eigenvalue weighted by Gasteiger charge is -2.09. The first-order valence-electron chi connectivity index (χ1n) is 3.58. The third-order valence-corrected chi connectivity index (χ3v) is 1.15. The first-order valence-corrected chi connectivity index (χ1v) is 3.58. The van der Waals surface area contributed by atoms with Crippen LogP contribution >= 0.6 is 0 Å². The van der Waals surface area contributed by atoms with E-state index in [0.717, 1.165) is 19.6 Å². The largest absolute Gasteiger partial charge is 0.355 e. The van der Waals surface area contributed by atoms with Crippen molar-refractivity contribution < 1.29 is 9.47 Å². The summed E-state index contributed by atoms with van der Waals surface area (Å²) >= 11 is 0. The molecule has 0 aliphatic carbocycles. The van der Waals surface area contributed by atoms with Crippen molar-refractivity contribution in [1.82, 2.24) is 9.97 Å². The molecule has 2 heterocycles. The van der Waals surface area contributed by atoms with Gasteiger partial charge in [-0.1, -0.05) is 0 Å². The monoisotopic (exact) mass is 156 g/mol. The number of imidazole rings is 1. The van der Waals surface area contributed by atoms with Crippen molar-refractivity contribution in [3.63, 3.8) is 0 Å². The fourth-order valence-electron chi connectivity index (χ4n) is 0.655. The van der Waals surface area contributed by atoms with E-state index in [4.69, 9.17) is 9.47 Å². The maximum atomic E-state index is 4.85. The van der Waals surface area contributed by atoms with Crippen molar-refractivity contribution in [3.8, 4) is 0 Å². The summed E-state index contributed by atoms with van der Waals surface area (Å²) in [5, 5.41) is 0. The summed E-state index contributed by atoms with van der Waals surface area (Å²) in [4.78, 5) is 6.42. The molecule has 0 bridgehead atoms. The van der Waals surface area contributed by atoms with Crippen molar-refractivity contribution in [1.29, 1.82) is 0 Å². The molecule has 1 aromatic rings. The molecule has 0 radical (unpaired) electrons. The summed E-state index contributed by atoms with van der Waals surface area (Å²) in [6.45, 7) is 2.25. The van der Waals surface area contributed by atoms with Crippen LogP contribution in [0.5, 0.6) is 0 Å². The standard InChI is InChI=1S/C4H8O2.C3H4N2/c1-2-5-4-6-3-1;1-2-5-3-4-1/h1-4H2;1-3H,(H,4,5). The third-order valence-electron chi connectivity index (χ3n) is 1.15. The quantitative estimate of drug-likeness (QED) is 0.604. The lowest BCUT2D eigenvalue weighted by atomic mass is 10.5. The summed E-state index contributed by atoms with van der Waals surface area (Å²) in [6, 6.07) is 0. The molecule has 1 N–H and O–H groups in total. The van der Waals surface area contributed by atoms with Crippen LogP contribution in [0.2, 0.25) is 0 Å². The van der Waals surface area contributed by atoms with Crippen LogP contribution in [0.1, 0.15) is 6.42 Å². The second kappa shape index (κ2) is 5.88. The Balaban J connectivity index is 0.000000112. The SMILES string of the molecule is C1COCOC1.c1c[nH]cn1. The van der Waals surface area contributed by atoms with E-state index in [1.54, 1.807) is 18.7 Å². The van der Waals surface area contributed by atoms with Crippen molar-refractivity contribution in [2.45, 2.75) is 6.42 Å². The van der Waals surface area contributed by atoms with Gasteiger partial charge in [0, 0.05) is 12.4 Å². The number of hydrogen-bond donors (Lipinski definition) is 1. The van der Waals surface area contributed by atoms with E-state index in [-0.39, 0.29) is 0 Å². The molecule has 11 heavy (non-hydrogen) atoms. The normalized spacial score (nSPS) is 16.7. The van der Waals surface area contributed by atoms with Crippen LogP contribution in [0.4, 0.5) is 0 Å². The van der Waals surface area contributed by atoms with E-state index in [1.165, 1.54) is 0 Å². The molecule has 62 valence electrons. The van der Waals surface area contributed by atoms with E-state index < -0.39 is 0 Å². The van der Waals surface area contributed by atoms with Crippen LogP contribution in [-0.2, 0) is 9.47 Å². The number of ether oxygens (including phenoxy) is 2. The Bertz CT molecular complexity index is 121. The number of rotatable bonds is 0. The van der Waals surface area contributed by atoms with E-state index in [1.807, 2.05) is 0 Å². The van der Waals surface area contributed by atoms with Gasteiger partial charge in [0.25, 0.3) is 0 Å². The van der Waals surface area contributed by atoms with E-state index in [9.17, 15) is 0 Å². The van der Waals surface area contributed by atoms with Crippen LogP contribution in [0.25, 0.3) is 0 Å². The molecule has 1 aromatic heterocycles. The molecule has 4 nitrogen and oxygen atoms in total. The third kappa shape index (κ3) is 4.52. The summed E-state index contributed by atoms with van der Waals surface area (Å²) in [5.41, 5.74) is 0. The molecule has 0 amide bonds. The average Bonchev–Trinajstić information content (AvgIpc) is 2.64. The number of nitrogens with zero attached hydrogens (tertiary/aromatic N) is 1. The number of aromatic nitrogens is 2. The molecule has 0 unspecified atom stereocenters. The first-order chi connectivity index (χ1) is 5.50. The Morgan fingerprint density at radius 3 is 2.27 bits per heavy atom. The molecule has 2 rings (SSSR count). The van der Waals surface area contributed by atoms with Gasteiger partial charge in [0.2, 0.25) is 0 Å². The molecule has 1 aliphatic rings. The van der Waals surface area contributed by atoms with E-state index in [2.05, 4.69) is 9.97 Å². The minimum absolute atomic E-state index is 0.500. The fraction of sp³-hybridized carbons (Fsp3) is 0.571. The fourth-order valence-corrected chi connectivity index (χ4v) is 0.655. The average molecular weight is 156 g/mol. The number of H-pyrrole nitrogens is 1. The Kier molecular flexibility index (Phi) is 4.40. The van der Waals surface area contributed by atoms with Crippen molar-refractivity contribution in [2.24, 2.45) is 0 Å². The lowest BCUT2D eigenvalue weighted by molar-refractivity contribution is -0.0963. The second-order valence-electron chi connectivity index (χ2n) is 2.05. The molecule has 1 saturated heterocycles. The van der Waals surface area contributed by atoms with E-state index in [0.29, 0.717) is 6.79 Å². The summed E-state index contributed by atoms with van der Waals surface area (Å²) in [7, 11) is 0. The van der Waals surface area contributed by atoms with Crippen molar-refractivity contribution >= 4 is 0 Å². The van der Waals surface area contributed by atoms with Gasteiger partial charge in [0.05, 0.1) is 19.5 Å². The van der Waals surface area contributed by atoms with Crippen LogP contribution in [0.15, 0.2) is 18.7 Å². The Hall–Kier alpha value is -0.870. The zero-order valence-corrected chi connectivity index (χ0v) is 6.32. The smallest absolute Gasteiger partial charge is 0.146 e. The molecule has 0 aromatic carbocycles. The van der Waals surface area contributed by atoms with Crippen LogP contribution in [-0.4, -0.2) is 30.0 Å². The zero-order chi connectivity index (χ0) is 7.78. The van der Waals surface area contributed by atoms with Gasteiger partial charge >= 0.3 is 0 Å². The minimum atomic E-state index is 0.500. The molecular weight excluding hydrogens is 144 g/mol. The van der Waals surface area contributed by atoms with Crippen LogP contribution in [0, 0.1) is 0 Å². The minimum Gasteiger partial charge on any atom is -0.355 e. The van der Waals surface area contributed by atoms with Gasteiger partial charge in [-0.3, -0.25) is 0 Å². The van der Waals surface area contributed by atoms with Gasteiger partial charge in [-0.05, 0) is 6.42 Å². The predicted octanol–water partition coefficient (Wildman–Crippen LogP) is 0.790. The van der Waals surface area contributed by atoms with Crippen LogP contribution in [0.3, 0.4) is 0 Å². The highest BCUT2D eigenvalue weighted by Gasteiger charge is 1.94. The lowest BCUT2D eigenvalue weighted by Crippen LogP contribution is -2.11. The molecule has 4 heteroatoms. The summed E-state index contributed by atoms with van der Waals surface area (Å²) in [5.74, 6) is 0. The molecule has 1 aliphatic heterocycles. The first kappa shape index (κ1) is 8.23. The van der Waals surface area contributed by atoms with Crippen molar-refractivity contribution in [2.75, 3.05) is 20.0 Å². The molecular formula is C7H12N2O2. The van der Waals surface area contributed by atoms with E-state index >= 15 is 0 Å². The molecule has 1 fully saturated rings. The number of aromatic amines is 1. The Morgan fingerprint density at radius 2 is 2.09 bits per heavy atom. The topological polar surface area (TPSA) is 47.1 Å². The van der Waals surface area contributed by atoms with Gasteiger partial charge in [0.1, 0.15) is 6.79 Å². The second-order valence-corrected chi connectivity index (χ2v) is 2.05. The molecule has 0 spiro atoms. The highest BCUT2D eigenvalue weighted by atomic mass is 16.7. The van der Waals surface area contributed by atoms with Crippen molar-refractivity contribution in [3.05, 3.63) is 18.7 Å². The maximum absolute atomic E-state index is 4.85. The number of nitrogens with one attached hydrogen (secondary N) is 1. The van der Waals surface area contributed by atoms with Gasteiger partial charge in [-0.25, -0.2) is 4.98 Å². The van der Waals surface area contributed by atoms with Gasteiger partial charge in [0.15, 0.2) is 0 Å². The summed E-state index contributed by atoms with van der Waals surface area (Å²) in [6.07, 6.45) is 6.14. The maximum Gasteiger partial charge on any atom is 0.146 e. The van der Waals surface area contributed by atoms with Gasteiger partial charge < -0.3 is 14.5 Å². The highest BCUT2D eigenvalue weighted by Crippen LogP contribution is 1.91. The molecule has 0 saturated carbocycles. The van der Waals surface area contributed by atoms with Gasteiger partial charge in [-0.15, -0.1) is 0 Å². The number of hydrogen-bond acceptors (Lipinski definition) is 3. The predicted molar refractivity (Wildman–Crippen MR) is 40.0 cm³/mol. The van der Waals surface area contributed by atoms with Crippen LogP contribution < -0.4 is 0 Å². The Labute approximate surface area is 65.5 Å². The Morgan fingerprint density at radius 1 is 1.27 bits per heavy atom. The summed E-state index contributed by atoms with van der Waals surface area (Å²) < 4.78 is 9.69. The zero-order valence-electron chi connectivity index (χ0n) is 6.32.